The number of carbonyl (C=O) groups is 1. The SMILES string of the molecule is C=C(C)C(=O)OCC(C)(C)CN(C)C.Cl. The van der Waals surface area contributed by atoms with E-state index in [0.29, 0.717) is 12.2 Å². The lowest BCUT2D eigenvalue weighted by Gasteiger charge is -2.27. The minimum atomic E-state index is -0.308. The van der Waals surface area contributed by atoms with Gasteiger partial charge in [-0.15, -0.1) is 12.4 Å². The molecule has 0 aliphatic carbocycles. The molecule has 0 spiro atoms. The monoisotopic (exact) mass is 235 g/mol. The van der Waals surface area contributed by atoms with Crippen molar-refractivity contribution in [1.82, 2.24) is 4.90 Å². The molecule has 0 heterocycles. The predicted molar refractivity (Wildman–Crippen MR) is 65.4 cm³/mol. The summed E-state index contributed by atoms with van der Waals surface area (Å²) in [5.74, 6) is -0.308. The molecule has 0 aromatic carbocycles. The Balaban J connectivity index is 0. The summed E-state index contributed by atoms with van der Waals surface area (Å²) in [4.78, 5) is 13.2. The third-order valence-corrected chi connectivity index (χ3v) is 1.69. The number of ether oxygens (including phenoxy) is 1. The molecule has 0 bridgehead atoms. The molecule has 0 radical (unpaired) electrons. The molecular formula is C11H22ClNO2. The van der Waals surface area contributed by atoms with E-state index in [2.05, 4.69) is 25.3 Å². The lowest BCUT2D eigenvalue weighted by atomic mass is 9.94. The van der Waals surface area contributed by atoms with Crippen LogP contribution in [0.2, 0.25) is 0 Å². The quantitative estimate of drug-likeness (QED) is 0.540. The molecule has 90 valence electrons. The second kappa shape index (κ2) is 6.85. The zero-order chi connectivity index (χ0) is 11.4. The van der Waals surface area contributed by atoms with Crippen LogP contribution < -0.4 is 0 Å². The number of carbonyl (C=O) groups excluding carboxylic acids is 1. The first-order chi connectivity index (χ1) is 6.24. The van der Waals surface area contributed by atoms with Crippen LogP contribution in [0.5, 0.6) is 0 Å². The number of nitrogens with zero attached hydrogens (tertiary/aromatic N) is 1. The molecule has 0 rings (SSSR count). The normalized spacial score (nSPS) is 10.8. The first-order valence-corrected chi connectivity index (χ1v) is 4.72. The molecule has 0 saturated heterocycles. The maximum absolute atomic E-state index is 11.1. The van der Waals surface area contributed by atoms with Crippen molar-refractivity contribution in [2.24, 2.45) is 5.41 Å². The molecule has 0 N–H and O–H groups in total. The Morgan fingerprint density at radius 3 is 2.20 bits per heavy atom. The Labute approximate surface area is 98.9 Å². The summed E-state index contributed by atoms with van der Waals surface area (Å²) in [5, 5.41) is 0. The summed E-state index contributed by atoms with van der Waals surface area (Å²) >= 11 is 0. The van der Waals surface area contributed by atoms with Crippen LogP contribution in [0.25, 0.3) is 0 Å². The van der Waals surface area contributed by atoms with Gasteiger partial charge in [-0.2, -0.15) is 0 Å². The molecule has 0 fully saturated rings. The van der Waals surface area contributed by atoms with Gasteiger partial charge in [-0.25, -0.2) is 4.79 Å². The molecule has 0 aliphatic heterocycles. The smallest absolute Gasteiger partial charge is 0.333 e. The van der Waals surface area contributed by atoms with Crippen LogP contribution in [0.4, 0.5) is 0 Å². The maximum Gasteiger partial charge on any atom is 0.333 e. The van der Waals surface area contributed by atoms with Crippen molar-refractivity contribution in [2.75, 3.05) is 27.2 Å². The molecule has 0 aromatic rings. The third-order valence-electron chi connectivity index (χ3n) is 1.69. The van der Waals surface area contributed by atoms with Gasteiger partial charge in [0.2, 0.25) is 0 Å². The number of hydrogen-bond donors (Lipinski definition) is 0. The fourth-order valence-corrected chi connectivity index (χ4v) is 1.29. The van der Waals surface area contributed by atoms with E-state index in [-0.39, 0.29) is 23.8 Å². The first-order valence-electron chi connectivity index (χ1n) is 4.72. The van der Waals surface area contributed by atoms with Crippen LogP contribution in [-0.4, -0.2) is 38.1 Å². The van der Waals surface area contributed by atoms with Crippen molar-refractivity contribution in [1.29, 1.82) is 0 Å². The van der Waals surface area contributed by atoms with E-state index in [0.717, 1.165) is 6.54 Å². The van der Waals surface area contributed by atoms with Crippen LogP contribution in [-0.2, 0) is 9.53 Å². The van der Waals surface area contributed by atoms with E-state index in [9.17, 15) is 4.79 Å². The number of halogens is 1. The fourth-order valence-electron chi connectivity index (χ4n) is 1.29. The second-order valence-corrected chi connectivity index (χ2v) is 4.76. The molecule has 0 aliphatic rings. The van der Waals surface area contributed by atoms with Gasteiger partial charge in [-0.05, 0) is 21.0 Å². The minimum Gasteiger partial charge on any atom is -0.462 e. The summed E-state index contributed by atoms with van der Waals surface area (Å²) in [5.41, 5.74) is 0.430. The fraction of sp³-hybridized carbons (Fsp3) is 0.727. The molecule has 0 saturated carbocycles. The molecule has 0 amide bonds. The first kappa shape index (κ1) is 16.9. The largest absolute Gasteiger partial charge is 0.462 e. The van der Waals surface area contributed by atoms with Gasteiger partial charge in [0, 0.05) is 17.5 Å². The maximum atomic E-state index is 11.1. The van der Waals surface area contributed by atoms with E-state index in [1.54, 1.807) is 6.92 Å². The predicted octanol–water partition coefficient (Wildman–Crippen LogP) is 2.12. The molecule has 0 atom stereocenters. The standard InChI is InChI=1S/C11H21NO2.ClH/c1-9(2)10(13)14-8-11(3,4)7-12(5)6;/h1,7-8H2,2-6H3;1H. The Kier molecular flexibility index (Phi) is 7.71. The minimum absolute atomic E-state index is 0. The van der Waals surface area contributed by atoms with Gasteiger partial charge < -0.3 is 9.64 Å². The van der Waals surface area contributed by atoms with Crippen molar-refractivity contribution in [3.8, 4) is 0 Å². The Hall–Kier alpha value is -0.540. The third kappa shape index (κ3) is 8.45. The number of rotatable bonds is 5. The van der Waals surface area contributed by atoms with Crippen LogP contribution in [0.3, 0.4) is 0 Å². The molecule has 0 aromatic heterocycles. The van der Waals surface area contributed by atoms with Gasteiger partial charge in [0.15, 0.2) is 0 Å². The van der Waals surface area contributed by atoms with Crippen molar-refractivity contribution < 1.29 is 9.53 Å². The zero-order valence-corrected chi connectivity index (χ0v) is 11.1. The summed E-state index contributed by atoms with van der Waals surface area (Å²) in [6.45, 7) is 10.6. The van der Waals surface area contributed by atoms with E-state index in [1.807, 2.05) is 14.1 Å². The lowest BCUT2D eigenvalue weighted by molar-refractivity contribution is -0.142. The highest BCUT2D eigenvalue weighted by Gasteiger charge is 2.21. The average Bonchev–Trinajstić information content (AvgIpc) is 1.97. The highest BCUT2D eigenvalue weighted by atomic mass is 35.5. The van der Waals surface area contributed by atoms with Gasteiger partial charge in [-0.3, -0.25) is 0 Å². The highest BCUT2D eigenvalue weighted by Crippen LogP contribution is 2.16. The van der Waals surface area contributed by atoms with Gasteiger partial charge in [-0.1, -0.05) is 20.4 Å². The van der Waals surface area contributed by atoms with Crippen LogP contribution in [0.1, 0.15) is 20.8 Å². The van der Waals surface area contributed by atoms with Gasteiger partial charge in [0.25, 0.3) is 0 Å². The molecule has 3 nitrogen and oxygen atoms in total. The van der Waals surface area contributed by atoms with E-state index >= 15 is 0 Å². The van der Waals surface area contributed by atoms with Crippen LogP contribution >= 0.6 is 12.4 Å². The summed E-state index contributed by atoms with van der Waals surface area (Å²) in [7, 11) is 4.00. The average molecular weight is 236 g/mol. The highest BCUT2D eigenvalue weighted by molar-refractivity contribution is 5.86. The number of esters is 1. The Morgan fingerprint density at radius 1 is 1.40 bits per heavy atom. The van der Waals surface area contributed by atoms with Gasteiger partial charge in [0.1, 0.15) is 0 Å². The van der Waals surface area contributed by atoms with E-state index in [1.165, 1.54) is 0 Å². The summed E-state index contributed by atoms with van der Waals surface area (Å²) in [6, 6.07) is 0. The Bertz CT molecular complexity index is 225. The molecular weight excluding hydrogens is 214 g/mol. The molecule has 0 unspecified atom stereocenters. The lowest BCUT2D eigenvalue weighted by Crippen LogP contribution is -2.33. The van der Waals surface area contributed by atoms with Gasteiger partial charge in [0.05, 0.1) is 6.61 Å². The van der Waals surface area contributed by atoms with Crippen LogP contribution in [0, 0.1) is 5.41 Å². The second-order valence-electron chi connectivity index (χ2n) is 4.76. The van der Waals surface area contributed by atoms with Crippen molar-refractivity contribution in [3.63, 3.8) is 0 Å². The summed E-state index contributed by atoms with van der Waals surface area (Å²) < 4.78 is 5.10. The van der Waals surface area contributed by atoms with Crippen molar-refractivity contribution in [3.05, 3.63) is 12.2 Å². The summed E-state index contributed by atoms with van der Waals surface area (Å²) in [6.07, 6.45) is 0. The molecule has 4 heteroatoms. The molecule has 15 heavy (non-hydrogen) atoms. The van der Waals surface area contributed by atoms with Gasteiger partial charge >= 0.3 is 5.97 Å². The topological polar surface area (TPSA) is 29.5 Å². The zero-order valence-electron chi connectivity index (χ0n) is 10.3. The Morgan fingerprint density at radius 2 is 1.87 bits per heavy atom. The van der Waals surface area contributed by atoms with E-state index in [4.69, 9.17) is 4.74 Å². The number of hydrogen-bond acceptors (Lipinski definition) is 3. The van der Waals surface area contributed by atoms with E-state index < -0.39 is 0 Å². The van der Waals surface area contributed by atoms with Crippen LogP contribution in [0.15, 0.2) is 12.2 Å². The van der Waals surface area contributed by atoms with Crippen molar-refractivity contribution in [2.45, 2.75) is 20.8 Å². The van der Waals surface area contributed by atoms with Crippen molar-refractivity contribution >= 4 is 18.4 Å².